The number of hydrogen-bond acceptors (Lipinski definition) is 3. The molecule has 0 aliphatic rings. The van der Waals surface area contributed by atoms with E-state index in [1.54, 1.807) is 25.2 Å². The topological polar surface area (TPSA) is 38.1 Å². The van der Waals surface area contributed by atoms with Crippen LogP contribution in [-0.4, -0.2) is 16.6 Å². The van der Waals surface area contributed by atoms with Crippen molar-refractivity contribution in [3.63, 3.8) is 0 Å². The zero-order chi connectivity index (χ0) is 19.2. The molecule has 1 aromatic heterocycles. The van der Waals surface area contributed by atoms with E-state index in [2.05, 4.69) is 20.9 Å². The summed E-state index contributed by atoms with van der Waals surface area (Å²) in [6, 6.07) is 8.77. The van der Waals surface area contributed by atoms with Crippen LogP contribution in [0.1, 0.15) is 4.11 Å². The molecule has 0 aliphatic carbocycles. The van der Waals surface area contributed by atoms with Crippen molar-refractivity contribution in [1.82, 2.24) is 9.55 Å². The molecule has 4 nitrogen and oxygen atoms in total. The lowest BCUT2D eigenvalue weighted by atomic mass is 10.2. The Hall–Kier alpha value is -1.92. The number of aromatic nitrogens is 2. The first kappa shape index (κ1) is 12.5. The van der Waals surface area contributed by atoms with Gasteiger partial charge in [0.2, 0.25) is 0 Å². The second kappa shape index (κ2) is 5.94. The fourth-order valence-corrected chi connectivity index (χ4v) is 2.91. The zero-order valence-electron chi connectivity index (χ0n) is 14.8. The SMILES string of the molecule is [2H]C([2H])([2H])n1c(=O)nc(N(C)c2cc(F)cc(Br)c2)c2ccc(Cl)cc21. The lowest BCUT2D eigenvalue weighted by Crippen LogP contribution is -2.24. The number of aryl methyl sites for hydroxylation is 1. The highest BCUT2D eigenvalue weighted by Crippen LogP contribution is 2.31. The van der Waals surface area contributed by atoms with E-state index in [4.69, 9.17) is 15.7 Å². The minimum absolute atomic E-state index is 0.120. The molecule has 0 fully saturated rings. The largest absolute Gasteiger partial charge is 0.349 e. The highest BCUT2D eigenvalue weighted by molar-refractivity contribution is 9.10. The third kappa shape index (κ3) is 2.96. The van der Waals surface area contributed by atoms with Crippen LogP contribution in [0.25, 0.3) is 10.9 Å². The normalized spacial score (nSPS) is 13.5. The molecule has 0 unspecified atom stereocenters. The lowest BCUT2D eigenvalue weighted by Gasteiger charge is -2.21. The maximum Gasteiger partial charge on any atom is 0.349 e. The van der Waals surface area contributed by atoms with Gasteiger partial charge in [-0.15, -0.1) is 0 Å². The van der Waals surface area contributed by atoms with Gasteiger partial charge in [0.05, 0.1) is 5.52 Å². The molecule has 0 spiro atoms. The molecule has 0 saturated heterocycles. The van der Waals surface area contributed by atoms with Crippen LogP contribution in [0.4, 0.5) is 15.9 Å². The van der Waals surface area contributed by atoms with Gasteiger partial charge in [-0.1, -0.05) is 27.5 Å². The average molecular weight is 400 g/mol. The number of hydrogen-bond donors (Lipinski definition) is 0. The van der Waals surface area contributed by atoms with Crippen molar-refractivity contribution in [2.24, 2.45) is 6.98 Å². The van der Waals surface area contributed by atoms with Crippen LogP contribution in [0.5, 0.6) is 0 Å². The minimum atomic E-state index is -2.72. The molecule has 118 valence electrons. The van der Waals surface area contributed by atoms with Gasteiger partial charge in [-0.05, 0) is 36.4 Å². The standard InChI is InChI=1S/C16H12BrClFN3O/c1-21(12-6-9(17)5-11(19)8-12)15-13-4-3-10(18)7-14(13)22(2)16(23)20-15/h3-8H,1-2H3/i2D3. The van der Waals surface area contributed by atoms with Gasteiger partial charge in [0.1, 0.15) is 11.6 Å². The molecule has 2 aromatic carbocycles. The van der Waals surface area contributed by atoms with Gasteiger partial charge in [0, 0.05) is 38.7 Å². The highest BCUT2D eigenvalue weighted by atomic mass is 79.9. The highest BCUT2D eigenvalue weighted by Gasteiger charge is 2.15. The van der Waals surface area contributed by atoms with Crippen molar-refractivity contribution in [3.05, 3.63) is 62.2 Å². The van der Waals surface area contributed by atoms with E-state index in [1.165, 1.54) is 23.1 Å². The second-order valence-corrected chi connectivity index (χ2v) is 6.25. The van der Waals surface area contributed by atoms with Gasteiger partial charge < -0.3 is 4.90 Å². The quantitative estimate of drug-likeness (QED) is 0.646. The molecule has 0 amide bonds. The van der Waals surface area contributed by atoms with E-state index in [-0.39, 0.29) is 16.4 Å². The summed E-state index contributed by atoms with van der Waals surface area (Å²) in [4.78, 5) is 17.9. The Kier molecular flexibility index (Phi) is 3.23. The number of anilines is 2. The Morgan fingerprint density at radius 3 is 2.83 bits per heavy atom. The molecule has 7 heteroatoms. The van der Waals surface area contributed by atoms with Gasteiger partial charge in [-0.3, -0.25) is 4.57 Å². The summed E-state index contributed by atoms with van der Waals surface area (Å²) < 4.78 is 37.7. The monoisotopic (exact) mass is 398 g/mol. The Morgan fingerprint density at radius 1 is 1.35 bits per heavy atom. The van der Waals surface area contributed by atoms with Crippen LogP contribution in [0, 0.1) is 5.82 Å². The third-order valence-electron chi connectivity index (χ3n) is 3.39. The van der Waals surface area contributed by atoms with Crippen LogP contribution >= 0.6 is 27.5 Å². The number of rotatable bonds is 2. The van der Waals surface area contributed by atoms with E-state index in [0.717, 1.165) is 0 Å². The van der Waals surface area contributed by atoms with E-state index >= 15 is 0 Å². The van der Waals surface area contributed by atoms with Crippen LogP contribution < -0.4 is 10.6 Å². The van der Waals surface area contributed by atoms with Gasteiger partial charge in [-0.25, -0.2) is 9.18 Å². The third-order valence-corrected chi connectivity index (χ3v) is 4.08. The van der Waals surface area contributed by atoms with Crippen molar-refractivity contribution in [3.8, 4) is 0 Å². The molecular weight excluding hydrogens is 385 g/mol. The predicted molar refractivity (Wildman–Crippen MR) is 94.2 cm³/mol. The van der Waals surface area contributed by atoms with E-state index < -0.39 is 18.5 Å². The molecule has 0 N–H and O–H groups in total. The Morgan fingerprint density at radius 2 is 2.13 bits per heavy atom. The Balaban J connectivity index is 2.32. The molecule has 0 atom stereocenters. The molecule has 0 saturated carbocycles. The molecule has 1 heterocycles. The summed E-state index contributed by atoms with van der Waals surface area (Å²) in [6.07, 6.45) is 0. The van der Waals surface area contributed by atoms with Gasteiger partial charge in [-0.2, -0.15) is 4.98 Å². The zero-order valence-corrected chi connectivity index (χ0v) is 14.2. The average Bonchev–Trinajstić information content (AvgIpc) is 2.50. The van der Waals surface area contributed by atoms with Crippen molar-refractivity contribution in [1.29, 1.82) is 0 Å². The maximum absolute atomic E-state index is 13.7. The smallest absolute Gasteiger partial charge is 0.329 e. The molecule has 3 rings (SSSR count). The summed E-state index contributed by atoms with van der Waals surface area (Å²) in [6.45, 7) is -2.72. The van der Waals surface area contributed by atoms with E-state index in [0.29, 0.717) is 20.1 Å². The number of halogens is 3. The Bertz CT molecular complexity index is 1050. The minimum Gasteiger partial charge on any atom is -0.329 e. The van der Waals surface area contributed by atoms with Crippen LogP contribution in [-0.2, 0) is 6.98 Å². The molecule has 0 radical (unpaired) electrons. The lowest BCUT2D eigenvalue weighted by molar-refractivity contribution is 0.627. The Labute approximate surface area is 149 Å². The molecule has 3 aromatic rings. The van der Waals surface area contributed by atoms with E-state index in [9.17, 15) is 9.18 Å². The summed E-state index contributed by atoms with van der Waals surface area (Å²) in [5.74, 6) is -0.274. The molecule has 0 bridgehead atoms. The summed E-state index contributed by atoms with van der Waals surface area (Å²) in [7, 11) is 1.61. The molecular formula is C16H12BrClFN3O. The second-order valence-electron chi connectivity index (χ2n) is 4.90. The van der Waals surface area contributed by atoms with Crippen LogP contribution in [0.3, 0.4) is 0 Å². The predicted octanol–water partition coefficient (Wildman–Crippen LogP) is 4.26. The first-order valence-corrected chi connectivity index (χ1v) is 7.67. The maximum atomic E-state index is 13.7. The molecule has 23 heavy (non-hydrogen) atoms. The van der Waals surface area contributed by atoms with Crippen molar-refractivity contribution in [2.45, 2.75) is 0 Å². The van der Waals surface area contributed by atoms with Crippen molar-refractivity contribution >= 4 is 49.9 Å². The molecule has 0 aliphatic heterocycles. The van der Waals surface area contributed by atoms with E-state index in [1.807, 2.05) is 0 Å². The fraction of sp³-hybridized carbons (Fsp3) is 0.125. The first-order valence-electron chi connectivity index (χ1n) is 8.00. The van der Waals surface area contributed by atoms with Gasteiger partial charge in [0.15, 0.2) is 0 Å². The first-order chi connectivity index (χ1) is 12.1. The summed E-state index contributed by atoms with van der Waals surface area (Å²) in [5.41, 5.74) is -0.390. The van der Waals surface area contributed by atoms with Crippen LogP contribution in [0.2, 0.25) is 5.02 Å². The summed E-state index contributed by atoms with van der Waals surface area (Å²) in [5, 5.41) is 0.677. The van der Waals surface area contributed by atoms with Gasteiger partial charge in [0.25, 0.3) is 0 Å². The number of nitrogens with zero attached hydrogens (tertiary/aromatic N) is 3. The van der Waals surface area contributed by atoms with Crippen molar-refractivity contribution < 1.29 is 8.50 Å². The van der Waals surface area contributed by atoms with Crippen LogP contribution in [0.15, 0.2) is 45.7 Å². The fourth-order valence-electron chi connectivity index (χ4n) is 2.29. The number of benzene rings is 2. The summed E-state index contributed by atoms with van der Waals surface area (Å²) >= 11 is 9.22. The van der Waals surface area contributed by atoms with Crippen molar-refractivity contribution in [2.75, 3.05) is 11.9 Å². The number of fused-ring (bicyclic) bond motifs is 1. The van der Waals surface area contributed by atoms with Gasteiger partial charge >= 0.3 is 5.69 Å².